The van der Waals surface area contributed by atoms with Gasteiger partial charge in [0.05, 0.1) is 17.1 Å². The highest BCUT2D eigenvalue weighted by atomic mass is 16.6. The summed E-state index contributed by atoms with van der Waals surface area (Å²) in [6, 6.07) is 10.3. The number of phenolic OH excluding ortho intramolecular Hbond substituents is 1. The number of aromatic hydroxyl groups is 1. The van der Waals surface area contributed by atoms with Crippen LogP contribution < -0.4 is 10.3 Å². The van der Waals surface area contributed by atoms with Gasteiger partial charge in [-0.3, -0.25) is 19.7 Å². The lowest BCUT2D eigenvalue weighted by atomic mass is 9.95. The summed E-state index contributed by atoms with van der Waals surface area (Å²) in [7, 11) is 0. The molecule has 10 heteroatoms. The number of nitro benzene ring substituents is 1. The highest BCUT2D eigenvalue weighted by molar-refractivity contribution is 5.96. The minimum absolute atomic E-state index is 0.0449. The molecule has 0 aliphatic carbocycles. The maximum absolute atomic E-state index is 12.9. The number of carbonyl (C=O) groups excluding carboxylic acids is 2. The molecule has 1 atom stereocenters. The molecule has 34 heavy (non-hydrogen) atoms. The maximum atomic E-state index is 12.9. The molecule has 0 saturated carbocycles. The molecule has 3 rings (SSSR count). The number of phenols is 1. The number of benzene rings is 2. The third-order valence-corrected chi connectivity index (χ3v) is 5.89. The fourth-order valence-electron chi connectivity index (χ4n) is 4.11. The van der Waals surface area contributed by atoms with Crippen LogP contribution in [0.3, 0.4) is 0 Å². The minimum Gasteiger partial charge on any atom is -0.508 e. The highest BCUT2D eigenvalue weighted by Crippen LogP contribution is 2.29. The molecule has 2 aromatic rings. The van der Waals surface area contributed by atoms with Crippen LogP contribution in [0.15, 0.2) is 47.6 Å². The second-order valence-corrected chi connectivity index (χ2v) is 8.05. The van der Waals surface area contributed by atoms with Crippen LogP contribution in [-0.4, -0.2) is 59.1 Å². The average molecular weight is 468 g/mol. The molecule has 0 radical (unpaired) electrons. The number of hydrogen-bond donors (Lipinski definition) is 2. The van der Waals surface area contributed by atoms with E-state index in [1.807, 2.05) is 23.6 Å². The number of hydrogen-bond acceptors (Lipinski definition) is 7. The molecule has 1 saturated heterocycles. The van der Waals surface area contributed by atoms with E-state index in [4.69, 9.17) is 0 Å². The van der Waals surface area contributed by atoms with Crippen LogP contribution in [0.1, 0.15) is 42.6 Å². The molecular formula is C24H29N5O5. The Balaban J connectivity index is 1.82. The van der Waals surface area contributed by atoms with Crippen molar-refractivity contribution in [3.05, 3.63) is 63.7 Å². The van der Waals surface area contributed by atoms with Crippen LogP contribution in [0.4, 0.5) is 11.4 Å². The standard InChI is InChI=1S/C24H29N5O5/c1-3-27(4-2)24(32)18-8-6-12-28(16-18)22-11-10-20(29(33)34)13-19(22)15-25-26-23(31)17-7-5-9-21(30)14-17/h5,7,9-11,13-15,18,30H,3-4,6,8,12,16H2,1-2H3,(H,26,31). The molecule has 0 spiro atoms. The molecule has 1 aliphatic heterocycles. The molecule has 0 bridgehead atoms. The van der Waals surface area contributed by atoms with Crippen molar-refractivity contribution in [2.45, 2.75) is 26.7 Å². The second-order valence-electron chi connectivity index (χ2n) is 8.05. The summed E-state index contributed by atoms with van der Waals surface area (Å²) >= 11 is 0. The Morgan fingerprint density at radius 2 is 2.03 bits per heavy atom. The molecule has 10 nitrogen and oxygen atoms in total. The number of non-ortho nitro benzene ring substituents is 1. The molecular weight excluding hydrogens is 438 g/mol. The van der Waals surface area contributed by atoms with Crippen molar-refractivity contribution in [2.24, 2.45) is 11.0 Å². The van der Waals surface area contributed by atoms with Gasteiger partial charge < -0.3 is 14.9 Å². The van der Waals surface area contributed by atoms with Gasteiger partial charge in [0.1, 0.15) is 5.75 Å². The van der Waals surface area contributed by atoms with Crippen molar-refractivity contribution in [2.75, 3.05) is 31.1 Å². The Morgan fingerprint density at radius 1 is 1.26 bits per heavy atom. The first kappa shape index (κ1) is 24.7. The van der Waals surface area contributed by atoms with Gasteiger partial charge in [0, 0.05) is 55.1 Å². The van der Waals surface area contributed by atoms with Gasteiger partial charge >= 0.3 is 0 Å². The Hall–Kier alpha value is -3.95. The van der Waals surface area contributed by atoms with Gasteiger partial charge in [0.15, 0.2) is 0 Å². The fourth-order valence-corrected chi connectivity index (χ4v) is 4.11. The number of nitro groups is 1. The molecule has 180 valence electrons. The lowest BCUT2D eigenvalue weighted by Gasteiger charge is -2.36. The predicted molar refractivity (Wildman–Crippen MR) is 129 cm³/mol. The largest absolute Gasteiger partial charge is 0.508 e. The van der Waals surface area contributed by atoms with E-state index in [9.17, 15) is 24.8 Å². The summed E-state index contributed by atoms with van der Waals surface area (Å²) in [5.74, 6) is -0.609. The Kier molecular flexibility index (Phi) is 8.18. The Labute approximate surface area is 198 Å². The first-order valence-electron chi connectivity index (χ1n) is 11.3. The maximum Gasteiger partial charge on any atom is 0.271 e. The third-order valence-electron chi connectivity index (χ3n) is 5.89. The van der Waals surface area contributed by atoms with Gasteiger partial charge in [-0.05, 0) is 51.0 Å². The van der Waals surface area contributed by atoms with Crippen LogP contribution in [0, 0.1) is 16.0 Å². The number of anilines is 1. The molecule has 1 heterocycles. The van der Waals surface area contributed by atoms with Crippen LogP contribution in [0.2, 0.25) is 0 Å². The molecule has 1 fully saturated rings. The monoisotopic (exact) mass is 467 g/mol. The van der Waals surface area contributed by atoms with Crippen LogP contribution >= 0.6 is 0 Å². The van der Waals surface area contributed by atoms with Gasteiger partial charge in [-0.25, -0.2) is 5.43 Å². The number of carbonyl (C=O) groups is 2. The van der Waals surface area contributed by atoms with Crippen molar-refractivity contribution in [1.29, 1.82) is 0 Å². The summed E-state index contributed by atoms with van der Waals surface area (Å²) in [6.07, 6.45) is 2.97. The van der Waals surface area contributed by atoms with Crippen LogP contribution in [0.25, 0.3) is 0 Å². The average Bonchev–Trinajstić information content (AvgIpc) is 2.84. The van der Waals surface area contributed by atoms with E-state index in [0.717, 1.165) is 12.8 Å². The summed E-state index contributed by atoms with van der Waals surface area (Å²) < 4.78 is 0. The van der Waals surface area contributed by atoms with E-state index in [0.29, 0.717) is 37.4 Å². The van der Waals surface area contributed by atoms with Crippen molar-refractivity contribution < 1.29 is 19.6 Å². The molecule has 1 aliphatic rings. The number of nitrogens with zero attached hydrogens (tertiary/aromatic N) is 4. The van der Waals surface area contributed by atoms with E-state index in [2.05, 4.69) is 10.5 Å². The van der Waals surface area contributed by atoms with E-state index < -0.39 is 10.8 Å². The number of hydrazone groups is 1. The summed E-state index contributed by atoms with van der Waals surface area (Å²) in [6.45, 7) is 6.43. The Bertz CT molecular complexity index is 1080. The van der Waals surface area contributed by atoms with E-state index >= 15 is 0 Å². The minimum atomic E-state index is -0.526. The van der Waals surface area contributed by atoms with Crippen molar-refractivity contribution in [3.63, 3.8) is 0 Å². The summed E-state index contributed by atoms with van der Waals surface area (Å²) in [5.41, 5.74) is 3.67. The first-order chi connectivity index (χ1) is 16.3. The van der Waals surface area contributed by atoms with Gasteiger partial charge in [-0.2, -0.15) is 5.10 Å². The molecule has 2 N–H and O–H groups in total. The van der Waals surface area contributed by atoms with E-state index in [-0.39, 0.29) is 28.8 Å². The zero-order valence-corrected chi connectivity index (χ0v) is 19.3. The van der Waals surface area contributed by atoms with Gasteiger partial charge in [-0.15, -0.1) is 0 Å². The number of nitrogens with one attached hydrogen (secondary N) is 1. The van der Waals surface area contributed by atoms with Gasteiger partial charge in [-0.1, -0.05) is 6.07 Å². The fraction of sp³-hybridized carbons (Fsp3) is 0.375. The van der Waals surface area contributed by atoms with Crippen molar-refractivity contribution in [3.8, 4) is 5.75 Å². The van der Waals surface area contributed by atoms with Crippen LogP contribution in [-0.2, 0) is 4.79 Å². The Morgan fingerprint density at radius 3 is 2.71 bits per heavy atom. The normalized spacial score (nSPS) is 15.8. The number of rotatable bonds is 8. The number of piperidine rings is 1. The lowest BCUT2D eigenvalue weighted by Crippen LogP contribution is -2.45. The van der Waals surface area contributed by atoms with Gasteiger partial charge in [0.25, 0.3) is 11.6 Å². The highest BCUT2D eigenvalue weighted by Gasteiger charge is 2.29. The molecule has 1 unspecified atom stereocenters. The first-order valence-corrected chi connectivity index (χ1v) is 11.3. The molecule has 0 aromatic heterocycles. The van der Waals surface area contributed by atoms with Crippen LogP contribution in [0.5, 0.6) is 5.75 Å². The SMILES string of the molecule is CCN(CC)C(=O)C1CCCN(c2ccc([N+](=O)[O-])cc2C=NNC(=O)c2cccc(O)c2)C1. The van der Waals surface area contributed by atoms with Gasteiger partial charge in [0.2, 0.25) is 5.91 Å². The zero-order chi connectivity index (χ0) is 24.7. The van der Waals surface area contributed by atoms with Crippen molar-refractivity contribution in [1.82, 2.24) is 10.3 Å². The zero-order valence-electron chi connectivity index (χ0n) is 19.3. The quantitative estimate of drug-likeness (QED) is 0.349. The smallest absolute Gasteiger partial charge is 0.271 e. The number of amides is 2. The molecule has 2 aromatic carbocycles. The summed E-state index contributed by atoms with van der Waals surface area (Å²) in [5, 5.41) is 24.8. The summed E-state index contributed by atoms with van der Waals surface area (Å²) in [4.78, 5) is 39.9. The van der Waals surface area contributed by atoms with E-state index in [1.165, 1.54) is 36.5 Å². The topological polar surface area (TPSA) is 128 Å². The van der Waals surface area contributed by atoms with Crippen molar-refractivity contribution >= 4 is 29.4 Å². The van der Waals surface area contributed by atoms with E-state index in [1.54, 1.807) is 12.1 Å². The molecule has 2 amide bonds. The lowest BCUT2D eigenvalue weighted by molar-refractivity contribution is -0.384. The second kappa shape index (κ2) is 11.3. The predicted octanol–water partition coefficient (Wildman–Crippen LogP) is 3.15. The third kappa shape index (κ3) is 5.89.